The van der Waals surface area contributed by atoms with Crippen LogP contribution in [0.4, 0.5) is 10.5 Å². The van der Waals surface area contributed by atoms with Gasteiger partial charge in [0.15, 0.2) is 0 Å². The number of para-hydroxylation sites is 3. The number of amides is 2. The Labute approximate surface area is 109 Å². The minimum atomic E-state index is -0.311. The van der Waals surface area contributed by atoms with Crippen LogP contribution in [0.5, 0.6) is 0 Å². The summed E-state index contributed by atoms with van der Waals surface area (Å²) in [5.41, 5.74) is 5.15. The quantitative estimate of drug-likeness (QED) is 0.736. The zero-order valence-electron chi connectivity index (χ0n) is 10.1. The number of anilines is 1. The van der Waals surface area contributed by atoms with Crippen LogP contribution in [-0.4, -0.2) is 15.7 Å². The van der Waals surface area contributed by atoms with E-state index in [-0.39, 0.29) is 6.03 Å². The molecule has 5 heteroatoms. The molecule has 0 saturated carbocycles. The van der Waals surface area contributed by atoms with E-state index < -0.39 is 0 Å². The van der Waals surface area contributed by atoms with Crippen LogP contribution < -0.4 is 10.7 Å². The van der Waals surface area contributed by atoms with Crippen LogP contribution in [0, 0.1) is 0 Å². The average molecular weight is 252 g/mol. The molecule has 0 atom stereocenters. The third kappa shape index (κ3) is 2.40. The molecule has 94 valence electrons. The monoisotopic (exact) mass is 252 g/mol. The Kier molecular flexibility index (Phi) is 2.86. The van der Waals surface area contributed by atoms with Gasteiger partial charge in [0.05, 0.1) is 11.0 Å². The van der Waals surface area contributed by atoms with Gasteiger partial charge in [0.2, 0.25) is 0 Å². The van der Waals surface area contributed by atoms with Crippen molar-refractivity contribution in [1.82, 2.24) is 9.66 Å². The lowest BCUT2D eigenvalue weighted by atomic mass is 10.3. The van der Waals surface area contributed by atoms with Gasteiger partial charge in [-0.15, -0.1) is 0 Å². The van der Waals surface area contributed by atoms with E-state index in [1.165, 1.54) is 0 Å². The van der Waals surface area contributed by atoms with Crippen LogP contribution in [0.25, 0.3) is 11.0 Å². The molecule has 2 N–H and O–H groups in total. The van der Waals surface area contributed by atoms with Crippen LogP contribution in [0.2, 0.25) is 0 Å². The molecule has 1 aromatic heterocycles. The fourth-order valence-electron chi connectivity index (χ4n) is 1.84. The van der Waals surface area contributed by atoms with Gasteiger partial charge in [-0.3, -0.25) is 0 Å². The minimum absolute atomic E-state index is 0.311. The standard InChI is InChI=1S/C14H12N4O/c19-14(16-11-6-2-1-3-7-11)17-18-10-15-12-8-4-5-9-13(12)18/h1-10H,(H2,16,17,19). The van der Waals surface area contributed by atoms with Crippen molar-refractivity contribution in [3.8, 4) is 0 Å². The van der Waals surface area contributed by atoms with E-state index in [0.29, 0.717) is 0 Å². The van der Waals surface area contributed by atoms with Gasteiger partial charge in [-0.2, -0.15) is 0 Å². The van der Waals surface area contributed by atoms with E-state index in [9.17, 15) is 4.79 Å². The number of rotatable bonds is 2. The number of nitrogens with zero attached hydrogens (tertiary/aromatic N) is 2. The van der Waals surface area contributed by atoms with Crippen molar-refractivity contribution in [1.29, 1.82) is 0 Å². The first-order valence-corrected chi connectivity index (χ1v) is 5.88. The maximum absolute atomic E-state index is 11.9. The first kappa shape index (κ1) is 11.3. The number of aromatic nitrogens is 2. The van der Waals surface area contributed by atoms with Crippen molar-refractivity contribution >= 4 is 22.8 Å². The lowest BCUT2D eigenvalue weighted by Gasteiger charge is -2.08. The first-order valence-electron chi connectivity index (χ1n) is 5.88. The van der Waals surface area contributed by atoms with Crippen LogP contribution >= 0.6 is 0 Å². The van der Waals surface area contributed by atoms with E-state index in [1.54, 1.807) is 11.0 Å². The summed E-state index contributed by atoms with van der Waals surface area (Å²) in [5, 5.41) is 2.75. The number of imidazole rings is 1. The smallest absolute Gasteiger partial charge is 0.307 e. The SMILES string of the molecule is O=C(Nc1ccccc1)Nn1cnc2ccccc21. The summed E-state index contributed by atoms with van der Waals surface area (Å²) in [6.45, 7) is 0. The molecule has 0 bridgehead atoms. The molecular formula is C14H12N4O. The number of nitrogens with one attached hydrogen (secondary N) is 2. The van der Waals surface area contributed by atoms with Crippen LogP contribution in [-0.2, 0) is 0 Å². The summed E-state index contributed by atoms with van der Waals surface area (Å²) < 4.78 is 1.59. The zero-order chi connectivity index (χ0) is 13.1. The number of carbonyl (C=O) groups is 1. The third-order valence-corrected chi connectivity index (χ3v) is 2.71. The number of hydrogen-bond acceptors (Lipinski definition) is 2. The van der Waals surface area contributed by atoms with E-state index in [4.69, 9.17) is 0 Å². The highest BCUT2D eigenvalue weighted by molar-refractivity contribution is 5.95. The molecule has 1 heterocycles. The third-order valence-electron chi connectivity index (χ3n) is 2.71. The van der Waals surface area contributed by atoms with Crippen molar-refractivity contribution in [2.75, 3.05) is 10.7 Å². The predicted molar refractivity (Wildman–Crippen MR) is 74.6 cm³/mol. The summed E-state index contributed by atoms with van der Waals surface area (Å²) in [6, 6.07) is 16.6. The lowest BCUT2D eigenvalue weighted by Crippen LogP contribution is -2.27. The highest BCUT2D eigenvalue weighted by Crippen LogP contribution is 2.10. The molecule has 0 unspecified atom stereocenters. The Hall–Kier alpha value is -2.82. The molecule has 0 fully saturated rings. The van der Waals surface area contributed by atoms with Crippen LogP contribution in [0.15, 0.2) is 60.9 Å². The number of carbonyl (C=O) groups excluding carboxylic acids is 1. The summed E-state index contributed by atoms with van der Waals surface area (Å²) in [6.07, 6.45) is 1.58. The van der Waals surface area contributed by atoms with E-state index >= 15 is 0 Å². The number of fused-ring (bicyclic) bond motifs is 1. The largest absolute Gasteiger partial charge is 0.338 e. The number of benzene rings is 2. The Morgan fingerprint density at radius 1 is 1.00 bits per heavy atom. The molecule has 3 rings (SSSR count). The molecule has 0 aliphatic heterocycles. The second-order valence-corrected chi connectivity index (χ2v) is 4.04. The maximum Gasteiger partial charge on any atom is 0.338 e. The van der Waals surface area contributed by atoms with E-state index in [0.717, 1.165) is 16.7 Å². The molecule has 3 aromatic rings. The molecule has 0 aliphatic carbocycles. The van der Waals surface area contributed by atoms with Crippen molar-refractivity contribution < 1.29 is 4.79 Å². The molecule has 0 aliphatic rings. The zero-order valence-corrected chi connectivity index (χ0v) is 10.1. The fraction of sp³-hybridized carbons (Fsp3) is 0. The maximum atomic E-state index is 11.9. The van der Waals surface area contributed by atoms with Gasteiger partial charge < -0.3 is 5.32 Å². The lowest BCUT2D eigenvalue weighted by molar-refractivity contribution is 0.260. The Morgan fingerprint density at radius 3 is 2.58 bits per heavy atom. The first-order chi connectivity index (χ1) is 9.33. The number of urea groups is 1. The molecule has 2 aromatic carbocycles. The Bertz CT molecular complexity index is 706. The van der Waals surface area contributed by atoms with Gasteiger partial charge >= 0.3 is 6.03 Å². The summed E-state index contributed by atoms with van der Waals surface area (Å²) >= 11 is 0. The van der Waals surface area contributed by atoms with Crippen molar-refractivity contribution in [3.05, 3.63) is 60.9 Å². The fourth-order valence-corrected chi connectivity index (χ4v) is 1.84. The normalized spacial score (nSPS) is 10.3. The number of hydrogen-bond donors (Lipinski definition) is 2. The van der Waals surface area contributed by atoms with Gasteiger partial charge in [0, 0.05) is 5.69 Å². The van der Waals surface area contributed by atoms with Crippen molar-refractivity contribution in [2.24, 2.45) is 0 Å². The summed E-state index contributed by atoms with van der Waals surface area (Å²) in [5.74, 6) is 0. The summed E-state index contributed by atoms with van der Waals surface area (Å²) in [7, 11) is 0. The topological polar surface area (TPSA) is 59.0 Å². The second-order valence-electron chi connectivity index (χ2n) is 4.04. The highest BCUT2D eigenvalue weighted by Gasteiger charge is 2.05. The molecule has 0 radical (unpaired) electrons. The molecule has 2 amide bonds. The molecule has 0 saturated heterocycles. The van der Waals surface area contributed by atoms with Gasteiger partial charge in [-0.1, -0.05) is 30.3 Å². The minimum Gasteiger partial charge on any atom is -0.307 e. The molecule has 0 spiro atoms. The van der Waals surface area contributed by atoms with Crippen LogP contribution in [0.3, 0.4) is 0 Å². The van der Waals surface area contributed by atoms with Gasteiger partial charge in [-0.05, 0) is 24.3 Å². The van der Waals surface area contributed by atoms with E-state index in [1.807, 2.05) is 54.6 Å². The molecule has 19 heavy (non-hydrogen) atoms. The van der Waals surface area contributed by atoms with Crippen molar-refractivity contribution in [2.45, 2.75) is 0 Å². The summed E-state index contributed by atoms with van der Waals surface area (Å²) in [4.78, 5) is 16.1. The second kappa shape index (κ2) is 4.81. The average Bonchev–Trinajstić information content (AvgIpc) is 2.83. The molecular weight excluding hydrogens is 240 g/mol. The van der Waals surface area contributed by atoms with E-state index in [2.05, 4.69) is 15.7 Å². The van der Waals surface area contributed by atoms with Gasteiger partial charge in [0.25, 0.3) is 0 Å². The Balaban J connectivity index is 1.76. The molecule has 5 nitrogen and oxygen atoms in total. The predicted octanol–water partition coefficient (Wildman–Crippen LogP) is 2.81. The van der Waals surface area contributed by atoms with Gasteiger partial charge in [0.1, 0.15) is 6.33 Å². The van der Waals surface area contributed by atoms with Crippen molar-refractivity contribution in [3.63, 3.8) is 0 Å². The van der Waals surface area contributed by atoms with Crippen LogP contribution in [0.1, 0.15) is 0 Å². The Morgan fingerprint density at radius 2 is 1.74 bits per heavy atom. The highest BCUT2D eigenvalue weighted by atomic mass is 16.2. The van der Waals surface area contributed by atoms with Gasteiger partial charge in [-0.25, -0.2) is 19.9 Å².